The van der Waals surface area contributed by atoms with Crippen LogP contribution in [0.15, 0.2) is 24.3 Å². The van der Waals surface area contributed by atoms with Crippen LogP contribution >= 0.6 is 11.6 Å². The molecule has 1 aromatic rings. The summed E-state index contributed by atoms with van der Waals surface area (Å²) in [6.45, 7) is 7.32. The average molecular weight is 351 g/mol. The molecule has 130 valence electrons. The first-order valence-corrected chi connectivity index (χ1v) is 8.64. The Morgan fingerprint density at radius 3 is 2.75 bits per heavy atom. The second-order valence-electron chi connectivity index (χ2n) is 7.52. The fourth-order valence-corrected chi connectivity index (χ4v) is 3.56. The molecule has 24 heavy (non-hydrogen) atoms. The van der Waals surface area contributed by atoms with E-state index >= 15 is 0 Å². The van der Waals surface area contributed by atoms with E-state index in [9.17, 15) is 9.59 Å². The highest BCUT2D eigenvalue weighted by molar-refractivity contribution is 6.30. The zero-order valence-electron chi connectivity index (χ0n) is 14.3. The quantitative estimate of drug-likeness (QED) is 0.842. The SMILES string of the molecule is CC(C)(C)C(=O)N1C[C@H]2OC(=O)N(CCc3cccc(Cl)c3)[C@H]2C1. The van der Waals surface area contributed by atoms with Gasteiger partial charge in [-0.3, -0.25) is 9.69 Å². The number of carbonyl (C=O) groups is 2. The average Bonchev–Trinajstić information content (AvgIpc) is 3.01. The molecule has 3 rings (SSSR count). The fourth-order valence-electron chi connectivity index (χ4n) is 3.34. The number of ether oxygens (including phenoxy) is 1. The van der Waals surface area contributed by atoms with Crippen molar-refractivity contribution in [3.8, 4) is 0 Å². The Morgan fingerprint density at radius 2 is 2.08 bits per heavy atom. The third-order valence-electron chi connectivity index (χ3n) is 4.58. The van der Waals surface area contributed by atoms with Crippen LogP contribution in [0.1, 0.15) is 26.3 Å². The van der Waals surface area contributed by atoms with Crippen molar-refractivity contribution in [1.29, 1.82) is 0 Å². The standard InChI is InChI=1S/C18H23ClN2O3/c1-18(2,3)16(22)20-10-14-15(11-20)24-17(23)21(14)8-7-12-5-4-6-13(19)9-12/h4-6,9,14-15H,7-8,10-11H2,1-3H3/t14-,15+/m0/s1. The molecular weight excluding hydrogens is 328 g/mol. The largest absolute Gasteiger partial charge is 0.442 e. The van der Waals surface area contributed by atoms with Gasteiger partial charge in [-0.1, -0.05) is 44.5 Å². The lowest BCUT2D eigenvalue weighted by molar-refractivity contribution is -0.139. The monoisotopic (exact) mass is 350 g/mol. The van der Waals surface area contributed by atoms with E-state index < -0.39 is 5.41 Å². The number of hydrogen-bond donors (Lipinski definition) is 0. The summed E-state index contributed by atoms with van der Waals surface area (Å²) in [7, 11) is 0. The summed E-state index contributed by atoms with van der Waals surface area (Å²) in [5.41, 5.74) is 0.660. The van der Waals surface area contributed by atoms with Gasteiger partial charge in [0.1, 0.15) is 6.10 Å². The Balaban J connectivity index is 1.65. The van der Waals surface area contributed by atoms with E-state index in [1.54, 1.807) is 4.90 Å². The second-order valence-corrected chi connectivity index (χ2v) is 7.96. The van der Waals surface area contributed by atoms with E-state index in [1.807, 2.05) is 49.9 Å². The lowest BCUT2D eigenvalue weighted by Crippen LogP contribution is -2.43. The van der Waals surface area contributed by atoms with E-state index in [0.717, 1.165) is 5.56 Å². The zero-order valence-corrected chi connectivity index (χ0v) is 15.0. The number of amides is 2. The van der Waals surface area contributed by atoms with Crippen molar-refractivity contribution in [1.82, 2.24) is 9.80 Å². The summed E-state index contributed by atoms with van der Waals surface area (Å²) in [4.78, 5) is 28.1. The van der Waals surface area contributed by atoms with Crippen LogP contribution in [-0.2, 0) is 16.0 Å². The summed E-state index contributed by atoms with van der Waals surface area (Å²) < 4.78 is 5.47. The van der Waals surface area contributed by atoms with Gasteiger partial charge in [0.05, 0.1) is 12.6 Å². The minimum absolute atomic E-state index is 0.0528. The van der Waals surface area contributed by atoms with Gasteiger partial charge < -0.3 is 9.64 Å². The number of rotatable bonds is 3. The highest BCUT2D eigenvalue weighted by Gasteiger charge is 2.49. The van der Waals surface area contributed by atoms with Crippen molar-refractivity contribution < 1.29 is 14.3 Å². The third kappa shape index (κ3) is 3.36. The predicted molar refractivity (Wildman–Crippen MR) is 92.0 cm³/mol. The molecule has 0 saturated carbocycles. The maximum Gasteiger partial charge on any atom is 0.410 e. The Morgan fingerprint density at radius 1 is 1.33 bits per heavy atom. The molecule has 2 amide bonds. The van der Waals surface area contributed by atoms with Crippen LogP contribution in [0, 0.1) is 5.41 Å². The van der Waals surface area contributed by atoms with E-state index in [2.05, 4.69) is 0 Å². The van der Waals surface area contributed by atoms with E-state index in [4.69, 9.17) is 16.3 Å². The molecule has 6 heteroatoms. The second kappa shape index (κ2) is 6.28. The number of benzene rings is 1. The molecule has 2 atom stereocenters. The summed E-state index contributed by atoms with van der Waals surface area (Å²) in [5, 5.41) is 0.692. The molecule has 1 aromatic carbocycles. The zero-order chi connectivity index (χ0) is 17.5. The number of carbonyl (C=O) groups excluding carboxylic acids is 2. The first kappa shape index (κ1) is 17.1. The number of hydrogen-bond acceptors (Lipinski definition) is 3. The van der Waals surface area contributed by atoms with Crippen LogP contribution in [0.5, 0.6) is 0 Å². The van der Waals surface area contributed by atoms with Crippen LogP contribution in [-0.4, -0.2) is 53.6 Å². The fraction of sp³-hybridized carbons (Fsp3) is 0.556. The van der Waals surface area contributed by atoms with Crippen molar-refractivity contribution in [2.75, 3.05) is 19.6 Å². The molecule has 0 aromatic heterocycles. The van der Waals surface area contributed by atoms with Crippen molar-refractivity contribution >= 4 is 23.6 Å². The summed E-state index contributed by atoms with van der Waals surface area (Å²) >= 11 is 6.01. The van der Waals surface area contributed by atoms with Crippen LogP contribution in [0.3, 0.4) is 0 Å². The van der Waals surface area contributed by atoms with Crippen LogP contribution < -0.4 is 0 Å². The number of nitrogens with zero attached hydrogens (tertiary/aromatic N) is 2. The van der Waals surface area contributed by atoms with Gasteiger partial charge in [0.15, 0.2) is 0 Å². The van der Waals surface area contributed by atoms with Crippen molar-refractivity contribution in [2.24, 2.45) is 5.41 Å². The maximum atomic E-state index is 12.5. The Labute approximate surface area is 147 Å². The molecule has 0 aliphatic carbocycles. The summed E-state index contributed by atoms with van der Waals surface area (Å²) in [6, 6.07) is 7.59. The predicted octanol–water partition coefficient (Wildman–Crippen LogP) is 2.96. The number of likely N-dealkylation sites (tertiary alicyclic amines) is 1. The van der Waals surface area contributed by atoms with E-state index in [1.165, 1.54) is 0 Å². The van der Waals surface area contributed by atoms with E-state index in [-0.39, 0.29) is 24.1 Å². The van der Waals surface area contributed by atoms with Gasteiger partial charge in [0.25, 0.3) is 0 Å². The molecule has 2 saturated heterocycles. The van der Waals surface area contributed by atoms with Crippen molar-refractivity contribution in [2.45, 2.75) is 39.3 Å². The van der Waals surface area contributed by atoms with Gasteiger partial charge in [-0.05, 0) is 24.1 Å². The topological polar surface area (TPSA) is 49.9 Å². The van der Waals surface area contributed by atoms with Crippen LogP contribution in [0.2, 0.25) is 5.02 Å². The van der Waals surface area contributed by atoms with Crippen LogP contribution in [0.25, 0.3) is 0 Å². The molecule has 0 spiro atoms. The molecule has 2 fully saturated rings. The summed E-state index contributed by atoms with van der Waals surface area (Å²) in [6.07, 6.45) is 0.213. The van der Waals surface area contributed by atoms with E-state index in [0.29, 0.717) is 31.1 Å². The van der Waals surface area contributed by atoms with Crippen LogP contribution in [0.4, 0.5) is 4.79 Å². The van der Waals surface area contributed by atoms with Gasteiger partial charge >= 0.3 is 6.09 Å². The lowest BCUT2D eigenvalue weighted by atomic mass is 9.95. The first-order chi connectivity index (χ1) is 11.3. The highest BCUT2D eigenvalue weighted by Crippen LogP contribution is 2.30. The van der Waals surface area contributed by atoms with Crippen molar-refractivity contribution in [3.63, 3.8) is 0 Å². The molecular formula is C18H23ClN2O3. The van der Waals surface area contributed by atoms with Crippen molar-refractivity contribution in [3.05, 3.63) is 34.9 Å². The number of halogens is 1. The molecule has 2 aliphatic heterocycles. The minimum Gasteiger partial charge on any atom is -0.442 e. The maximum absolute atomic E-state index is 12.5. The normalized spacial score (nSPS) is 23.4. The lowest BCUT2D eigenvalue weighted by Gasteiger charge is -2.27. The van der Waals surface area contributed by atoms with Gasteiger partial charge in [-0.2, -0.15) is 0 Å². The first-order valence-electron chi connectivity index (χ1n) is 8.27. The summed E-state index contributed by atoms with van der Waals surface area (Å²) in [5.74, 6) is 0.0998. The molecule has 0 unspecified atom stereocenters. The van der Waals surface area contributed by atoms with Gasteiger partial charge in [0.2, 0.25) is 5.91 Å². The molecule has 5 nitrogen and oxygen atoms in total. The minimum atomic E-state index is -0.422. The molecule has 2 aliphatic rings. The third-order valence-corrected chi connectivity index (χ3v) is 4.82. The van der Waals surface area contributed by atoms with Gasteiger partial charge in [-0.25, -0.2) is 4.79 Å². The smallest absolute Gasteiger partial charge is 0.410 e. The Hall–Kier alpha value is -1.75. The van der Waals surface area contributed by atoms with Gasteiger partial charge in [-0.15, -0.1) is 0 Å². The Bertz CT molecular complexity index is 656. The highest BCUT2D eigenvalue weighted by atomic mass is 35.5. The molecule has 2 heterocycles. The Kier molecular flexibility index (Phi) is 4.47. The molecule has 0 bridgehead atoms. The molecule has 0 N–H and O–H groups in total. The van der Waals surface area contributed by atoms with Gasteiger partial charge in [0, 0.05) is 23.5 Å². The molecule has 0 radical (unpaired) electrons. The number of fused-ring (bicyclic) bond motifs is 1.